The van der Waals surface area contributed by atoms with Crippen molar-refractivity contribution in [1.29, 1.82) is 5.26 Å². The molecule has 0 amide bonds. The Kier molecular flexibility index (Phi) is 5.93. The zero-order valence-electron chi connectivity index (χ0n) is 17.7. The Hall–Kier alpha value is -2.87. The van der Waals surface area contributed by atoms with Crippen LogP contribution in [0.2, 0.25) is 0 Å². The van der Waals surface area contributed by atoms with E-state index in [1.165, 1.54) is 0 Å². The highest BCUT2D eigenvalue weighted by molar-refractivity contribution is 5.86. The molecule has 0 spiro atoms. The van der Waals surface area contributed by atoms with Crippen LogP contribution in [-0.2, 0) is 17.6 Å². The molecule has 5 nitrogen and oxygen atoms in total. The van der Waals surface area contributed by atoms with Gasteiger partial charge >= 0.3 is 5.97 Å². The molecule has 0 atom stereocenters. The van der Waals surface area contributed by atoms with Crippen LogP contribution in [0.1, 0.15) is 49.2 Å². The molecule has 1 saturated heterocycles. The van der Waals surface area contributed by atoms with E-state index < -0.39 is 5.97 Å². The summed E-state index contributed by atoms with van der Waals surface area (Å²) < 4.78 is 0. The molecule has 1 aromatic carbocycles. The summed E-state index contributed by atoms with van der Waals surface area (Å²) in [6, 6.07) is 10.2. The number of aliphatic carboxylic acids is 1. The molecule has 0 bridgehead atoms. The first-order chi connectivity index (χ1) is 13.7. The highest BCUT2D eigenvalue weighted by atomic mass is 16.4. The van der Waals surface area contributed by atoms with Crippen molar-refractivity contribution in [1.82, 2.24) is 4.98 Å². The van der Waals surface area contributed by atoms with E-state index >= 15 is 0 Å². The van der Waals surface area contributed by atoms with Gasteiger partial charge in [-0.15, -0.1) is 0 Å². The van der Waals surface area contributed by atoms with Gasteiger partial charge in [0.2, 0.25) is 0 Å². The third kappa shape index (κ3) is 4.59. The molecule has 2 aromatic rings. The van der Waals surface area contributed by atoms with Gasteiger partial charge in [-0.05, 0) is 43.2 Å². The van der Waals surface area contributed by atoms with Crippen molar-refractivity contribution in [3.63, 3.8) is 0 Å². The van der Waals surface area contributed by atoms with E-state index in [0.29, 0.717) is 11.8 Å². The topological polar surface area (TPSA) is 77.2 Å². The molecule has 3 rings (SSSR count). The van der Waals surface area contributed by atoms with Crippen LogP contribution in [0.15, 0.2) is 24.3 Å². The fourth-order valence-electron chi connectivity index (χ4n) is 4.14. The van der Waals surface area contributed by atoms with E-state index in [9.17, 15) is 9.90 Å². The lowest BCUT2D eigenvalue weighted by Crippen LogP contribution is -2.38. The predicted molar refractivity (Wildman–Crippen MR) is 115 cm³/mol. The number of carboxylic acids is 1. The summed E-state index contributed by atoms with van der Waals surface area (Å²) in [6.07, 6.45) is 2.48. The number of hydrogen-bond acceptors (Lipinski definition) is 4. The molecule has 5 heteroatoms. The van der Waals surface area contributed by atoms with Crippen molar-refractivity contribution in [2.24, 2.45) is 5.41 Å². The van der Waals surface area contributed by atoms with Crippen LogP contribution in [0.3, 0.4) is 0 Å². The second kappa shape index (κ2) is 8.24. The number of benzene rings is 1. The normalized spacial score (nSPS) is 15.8. The summed E-state index contributed by atoms with van der Waals surface area (Å²) in [5.74, 6) is -0.840. The van der Waals surface area contributed by atoms with E-state index in [-0.39, 0.29) is 6.42 Å². The highest BCUT2D eigenvalue weighted by Gasteiger charge is 2.30. The van der Waals surface area contributed by atoms with Crippen molar-refractivity contribution in [2.45, 2.75) is 53.4 Å². The van der Waals surface area contributed by atoms with Gasteiger partial charge in [0.15, 0.2) is 0 Å². The van der Waals surface area contributed by atoms with Crippen molar-refractivity contribution < 1.29 is 9.90 Å². The number of nitriles is 1. The molecular formula is C24H29N3O2. The van der Waals surface area contributed by atoms with Crippen LogP contribution in [0.4, 0.5) is 5.69 Å². The van der Waals surface area contributed by atoms with Gasteiger partial charge < -0.3 is 10.0 Å². The Morgan fingerprint density at radius 2 is 1.79 bits per heavy atom. The number of anilines is 1. The van der Waals surface area contributed by atoms with Crippen molar-refractivity contribution >= 4 is 11.7 Å². The second-order valence-corrected chi connectivity index (χ2v) is 8.74. The minimum Gasteiger partial charge on any atom is -0.481 e. The van der Waals surface area contributed by atoms with E-state index in [2.05, 4.69) is 24.8 Å². The fraction of sp³-hybridized carbons (Fsp3) is 0.458. The van der Waals surface area contributed by atoms with Crippen molar-refractivity contribution in [2.75, 3.05) is 18.0 Å². The van der Waals surface area contributed by atoms with Crippen LogP contribution in [-0.4, -0.2) is 29.1 Å². The largest absolute Gasteiger partial charge is 0.481 e. The van der Waals surface area contributed by atoms with Crippen LogP contribution < -0.4 is 4.90 Å². The molecular weight excluding hydrogens is 362 g/mol. The molecule has 29 heavy (non-hydrogen) atoms. The van der Waals surface area contributed by atoms with Gasteiger partial charge in [-0.3, -0.25) is 9.78 Å². The summed E-state index contributed by atoms with van der Waals surface area (Å²) in [4.78, 5) is 18.7. The minimum atomic E-state index is -0.840. The molecule has 0 unspecified atom stereocenters. The second-order valence-electron chi connectivity index (χ2n) is 8.74. The van der Waals surface area contributed by atoms with E-state index in [1.54, 1.807) is 0 Å². The Bertz CT molecular complexity index is 946. The van der Waals surface area contributed by atoms with Gasteiger partial charge in [-0.25, -0.2) is 0 Å². The van der Waals surface area contributed by atoms with Gasteiger partial charge in [-0.2, -0.15) is 5.26 Å². The lowest BCUT2D eigenvalue weighted by Gasteiger charge is -2.40. The number of aryl methyl sites for hydroxylation is 2. The average molecular weight is 392 g/mol. The number of carboxylic acid groups (broad SMARTS) is 1. The molecule has 152 valence electrons. The molecule has 0 saturated carbocycles. The van der Waals surface area contributed by atoms with E-state index in [0.717, 1.165) is 65.3 Å². The summed E-state index contributed by atoms with van der Waals surface area (Å²) >= 11 is 0. The first-order valence-corrected chi connectivity index (χ1v) is 10.1. The maximum atomic E-state index is 11.6. The van der Waals surface area contributed by atoms with Crippen LogP contribution in [0, 0.1) is 30.6 Å². The fourth-order valence-corrected chi connectivity index (χ4v) is 4.14. The number of piperidine rings is 1. The Labute approximate surface area is 173 Å². The standard InChI is InChI=1S/C24H29N3O2/c1-16-20(15-21(28)29)23(27-13-10-24(3,4)11-14-27)22(17(2)26-16)19-7-5-18(6-8-19)9-12-25/h5-8H,9-11,13-15H2,1-4H3,(H,28,29). The third-order valence-electron chi connectivity index (χ3n) is 5.94. The first kappa shape index (κ1) is 20.9. The number of hydrogen-bond donors (Lipinski definition) is 1. The molecule has 1 N–H and O–H groups in total. The monoisotopic (exact) mass is 391 g/mol. The maximum Gasteiger partial charge on any atom is 0.307 e. The van der Waals surface area contributed by atoms with Gasteiger partial charge in [-0.1, -0.05) is 38.1 Å². The molecule has 1 aliphatic rings. The quantitative estimate of drug-likeness (QED) is 0.800. The number of pyridine rings is 1. The Balaban J connectivity index is 2.16. The van der Waals surface area contributed by atoms with Gasteiger partial charge in [0, 0.05) is 35.6 Å². The molecule has 0 radical (unpaired) electrons. The zero-order chi connectivity index (χ0) is 21.2. The Morgan fingerprint density at radius 3 is 2.34 bits per heavy atom. The van der Waals surface area contributed by atoms with Crippen LogP contribution in [0.25, 0.3) is 11.1 Å². The molecule has 1 fully saturated rings. The number of rotatable bonds is 5. The first-order valence-electron chi connectivity index (χ1n) is 10.1. The third-order valence-corrected chi connectivity index (χ3v) is 5.94. The summed E-state index contributed by atoms with van der Waals surface area (Å²) in [5.41, 5.74) is 6.82. The highest BCUT2D eigenvalue weighted by Crippen LogP contribution is 2.41. The van der Waals surface area contributed by atoms with Crippen LogP contribution >= 0.6 is 0 Å². The van der Waals surface area contributed by atoms with Crippen molar-refractivity contribution in [3.8, 4) is 17.2 Å². The van der Waals surface area contributed by atoms with E-state index in [4.69, 9.17) is 10.2 Å². The summed E-state index contributed by atoms with van der Waals surface area (Å²) in [6.45, 7) is 10.3. The molecule has 1 aromatic heterocycles. The molecule has 0 aliphatic carbocycles. The number of carbonyl (C=O) groups is 1. The minimum absolute atomic E-state index is 0.0339. The zero-order valence-corrected chi connectivity index (χ0v) is 17.7. The van der Waals surface area contributed by atoms with Crippen molar-refractivity contribution in [3.05, 3.63) is 46.8 Å². The maximum absolute atomic E-state index is 11.6. The number of aromatic nitrogens is 1. The smallest absolute Gasteiger partial charge is 0.307 e. The summed E-state index contributed by atoms with van der Waals surface area (Å²) in [7, 11) is 0. The SMILES string of the molecule is Cc1nc(C)c(-c2ccc(CC#N)cc2)c(N2CCC(C)(C)CC2)c1CC(=O)O. The number of nitrogens with zero attached hydrogens (tertiary/aromatic N) is 3. The molecule has 2 heterocycles. The van der Waals surface area contributed by atoms with Gasteiger partial charge in [0.25, 0.3) is 0 Å². The lowest BCUT2D eigenvalue weighted by molar-refractivity contribution is -0.136. The Morgan fingerprint density at radius 1 is 1.17 bits per heavy atom. The van der Waals surface area contributed by atoms with Gasteiger partial charge in [0.1, 0.15) is 0 Å². The molecule has 1 aliphatic heterocycles. The van der Waals surface area contributed by atoms with Gasteiger partial charge in [0.05, 0.1) is 24.6 Å². The predicted octanol–water partition coefficient (Wildman–Crippen LogP) is 4.69. The van der Waals surface area contributed by atoms with Crippen LogP contribution in [0.5, 0.6) is 0 Å². The summed E-state index contributed by atoms with van der Waals surface area (Å²) in [5, 5.41) is 18.5. The van der Waals surface area contributed by atoms with E-state index in [1.807, 2.05) is 38.1 Å². The lowest BCUT2D eigenvalue weighted by atomic mass is 9.82. The average Bonchev–Trinajstić information content (AvgIpc) is 2.65.